The van der Waals surface area contributed by atoms with Gasteiger partial charge in [0.2, 0.25) is 0 Å². The number of likely N-dealkylation sites (tertiary alicyclic amines) is 1. The Labute approximate surface area is 177 Å². The van der Waals surface area contributed by atoms with Crippen LogP contribution >= 0.6 is 12.4 Å². The van der Waals surface area contributed by atoms with Gasteiger partial charge >= 0.3 is 0 Å². The van der Waals surface area contributed by atoms with Gasteiger partial charge in [-0.25, -0.2) is 4.39 Å². The highest BCUT2D eigenvalue weighted by Crippen LogP contribution is 2.45. The van der Waals surface area contributed by atoms with Crippen molar-refractivity contribution in [1.82, 2.24) is 10.2 Å². The monoisotopic (exact) mass is 418 g/mol. The van der Waals surface area contributed by atoms with Crippen molar-refractivity contribution >= 4 is 18.3 Å². The number of aryl methyl sites for hydroxylation is 1. The minimum Gasteiger partial charge on any atom is -0.496 e. The molecule has 2 aromatic carbocycles. The molecule has 0 spiro atoms. The van der Waals surface area contributed by atoms with E-state index >= 15 is 0 Å². The van der Waals surface area contributed by atoms with Crippen molar-refractivity contribution in [2.24, 2.45) is 5.92 Å². The van der Waals surface area contributed by atoms with E-state index in [4.69, 9.17) is 4.74 Å². The maximum atomic E-state index is 13.0. The summed E-state index contributed by atoms with van der Waals surface area (Å²) < 4.78 is 18.6. The quantitative estimate of drug-likeness (QED) is 0.720. The third kappa shape index (κ3) is 4.73. The van der Waals surface area contributed by atoms with Gasteiger partial charge in [0.1, 0.15) is 11.6 Å². The summed E-state index contributed by atoms with van der Waals surface area (Å²) in [4.78, 5) is 14.6. The van der Waals surface area contributed by atoms with Crippen molar-refractivity contribution in [1.29, 1.82) is 0 Å². The van der Waals surface area contributed by atoms with Gasteiger partial charge in [-0.05, 0) is 67.6 Å². The fourth-order valence-electron chi connectivity index (χ4n) is 4.72. The van der Waals surface area contributed by atoms with Crippen LogP contribution in [0.15, 0.2) is 42.5 Å². The lowest BCUT2D eigenvalue weighted by Crippen LogP contribution is -2.29. The molecule has 29 heavy (non-hydrogen) atoms. The van der Waals surface area contributed by atoms with Gasteiger partial charge in [-0.1, -0.05) is 12.1 Å². The van der Waals surface area contributed by atoms with E-state index in [0.29, 0.717) is 23.9 Å². The highest BCUT2D eigenvalue weighted by molar-refractivity contribution is 5.94. The number of carbonyl (C=O) groups is 1. The van der Waals surface area contributed by atoms with Crippen molar-refractivity contribution in [3.63, 3.8) is 0 Å². The van der Waals surface area contributed by atoms with Gasteiger partial charge in [0.25, 0.3) is 5.91 Å². The van der Waals surface area contributed by atoms with Gasteiger partial charge in [0, 0.05) is 36.7 Å². The topological polar surface area (TPSA) is 41.6 Å². The summed E-state index contributed by atoms with van der Waals surface area (Å²) in [5.74, 6) is 1.80. The molecule has 4 nitrogen and oxygen atoms in total. The van der Waals surface area contributed by atoms with E-state index in [9.17, 15) is 9.18 Å². The molecule has 0 saturated carbocycles. The molecule has 1 fully saturated rings. The number of rotatable bonds is 6. The van der Waals surface area contributed by atoms with Crippen LogP contribution in [0.4, 0.5) is 4.39 Å². The molecule has 2 unspecified atom stereocenters. The number of fused-ring (bicyclic) bond motifs is 3. The summed E-state index contributed by atoms with van der Waals surface area (Å²) in [5, 5.41) is 2.93. The number of ether oxygens (including phenoxy) is 1. The Morgan fingerprint density at radius 1 is 1.21 bits per heavy atom. The molecular weight excluding hydrogens is 391 g/mol. The number of nitrogens with zero attached hydrogens (tertiary/aromatic N) is 1. The number of hydrogen-bond donors (Lipinski definition) is 1. The van der Waals surface area contributed by atoms with E-state index in [1.165, 1.54) is 41.8 Å². The van der Waals surface area contributed by atoms with Crippen molar-refractivity contribution in [3.8, 4) is 5.75 Å². The van der Waals surface area contributed by atoms with Crippen LogP contribution in [-0.4, -0.2) is 44.1 Å². The Hall–Kier alpha value is -2.11. The zero-order valence-corrected chi connectivity index (χ0v) is 17.5. The van der Waals surface area contributed by atoms with E-state index in [0.717, 1.165) is 38.2 Å². The van der Waals surface area contributed by atoms with Crippen molar-refractivity contribution in [3.05, 3.63) is 65.0 Å². The molecule has 6 heteroatoms. The third-order valence-electron chi connectivity index (χ3n) is 6.09. The van der Waals surface area contributed by atoms with Crippen molar-refractivity contribution in [2.75, 3.05) is 33.3 Å². The van der Waals surface area contributed by atoms with Crippen LogP contribution in [-0.2, 0) is 6.42 Å². The van der Waals surface area contributed by atoms with Crippen LogP contribution in [0.25, 0.3) is 0 Å². The highest BCUT2D eigenvalue weighted by Gasteiger charge is 2.38. The number of benzene rings is 2. The van der Waals surface area contributed by atoms with Gasteiger partial charge < -0.3 is 15.0 Å². The molecule has 0 bridgehead atoms. The first-order chi connectivity index (χ1) is 13.7. The number of hydrogen-bond acceptors (Lipinski definition) is 3. The van der Waals surface area contributed by atoms with Gasteiger partial charge in [-0.2, -0.15) is 0 Å². The van der Waals surface area contributed by atoms with Crippen LogP contribution < -0.4 is 10.1 Å². The van der Waals surface area contributed by atoms with Crippen LogP contribution in [0.2, 0.25) is 0 Å². The zero-order chi connectivity index (χ0) is 19.5. The minimum absolute atomic E-state index is 0. The molecule has 156 valence electrons. The Kier molecular flexibility index (Phi) is 7.14. The molecule has 1 aliphatic heterocycles. The predicted molar refractivity (Wildman–Crippen MR) is 115 cm³/mol. The van der Waals surface area contributed by atoms with E-state index in [2.05, 4.69) is 28.4 Å². The molecule has 0 aromatic heterocycles. The average molecular weight is 419 g/mol. The molecule has 2 aliphatic rings. The molecule has 1 aliphatic carbocycles. The maximum Gasteiger partial charge on any atom is 0.251 e. The summed E-state index contributed by atoms with van der Waals surface area (Å²) in [7, 11) is 1.76. The molecule has 2 aromatic rings. The number of halogens is 2. The summed E-state index contributed by atoms with van der Waals surface area (Å²) in [6.07, 6.45) is 3.28. The van der Waals surface area contributed by atoms with E-state index in [1.54, 1.807) is 7.11 Å². The second-order valence-electron chi connectivity index (χ2n) is 7.81. The molecule has 1 saturated heterocycles. The fourth-order valence-corrected chi connectivity index (χ4v) is 4.72. The van der Waals surface area contributed by atoms with Gasteiger partial charge in [0.05, 0.1) is 7.11 Å². The summed E-state index contributed by atoms with van der Waals surface area (Å²) in [5.41, 5.74) is 3.35. The smallest absolute Gasteiger partial charge is 0.251 e. The van der Waals surface area contributed by atoms with Crippen molar-refractivity contribution < 1.29 is 13.9 Å². The summed E-state index contributed by atoms with van der Waals surface area (Å²) in [6.45, 7) is 3.78. The molecule has 2 atom stereocenters. The van der Waals surface area contributed by atoms with E-state index in [-0.39, 0.29) is 24.1 Å². The van der Waals surface area contributed by atoms with Crippen LogP contribution in [0, 0.1) is 11.7 Å². The minimum atomic E-state index is -0.328. The van der Waals surface area contributed by atoms with E-state index < -0.39 is 0 Å². The average Bonchev–Trinajstić information content (AvgIpc) is 3.14. The lowest BCUT2D eigenvalue weighted by atomic mass is 9.76. The lowest BCUT2D eigenvalue weighted by Gasteiger charge is -2.28. The number of methoxy groups -OCH3 is 1. The Morgan fingerprint density at radius 2 is 2.00 bits per heavy atom. The number of amides is 1. The van der Waals surface area contributed by atoms with Crippen LogP contribution in [0.1, 0.15) is 40.2 Å². The summed E-state index contributed by atoms with van der Waals surface area (Å²) >= 11 is 0. The third-order valence-corrected chi connectivity index (χ3v) is 6.09. The molecule has 4 rings (SSSR count). The molecular formula is C23H28ClFN2O2. The normalized spacial score (nSPS) is 20.3. The first-order valence-electron chi connectivity index (χ1n) is 10.1. The first-order valence-corrected chi connectivity index (χ1v) is 10.1. The number of nitrogens with one attached hydrogen (secondary N) is 1. The SMILES string of the molecule is COc1cccc2c1C1CN(CCCNC(=O)c3ccc(F)cc3)CC1CC2.Cl. The Morgan fingerprint density at radius 3 is 2.76 bits per heavy atom. The molecule has 1 amide bonds. The number of carbonyl (C=O) groups excluding carboxylic acids is 1. The zero-order valence-electron chi connectivity index (χ0n) is 16.7. The highest BCUT2D eigenvalue weighted by atomic mass is 35.5. The maximum absolute atomic E-state index is 13.0. The first kappa shape index (κ1) is 21.6. The fraction of sp³-hybridized carbons (Fsp3) is 0.435. The Balaban J connectivity index is 0.00000240. The van der Waals surface area contributed by atoms with Gasteiger partial charge in [-0.15, -0.1) is 12.4 Å². The predicted octanol–water partition coefficient (Wildman–Crippen LogP) is 4.04. The van der Waals surface area contributed by atoms with Crippen LogP contribution in [0.5, 0.6) is 5.75 Å². The summed E-state index contributed by atoms with van der Waals surface area (Å²) in [6, 6.07) is 12.1. The standard InChI is InChI=1S/C23H27FN2O2.ClH/c1-28-21-5-2-4-16-6-7-18-14-26(15-20(18)22(16)21)13-3-12-25-23(27)17-8-10-19(24)11-9-17;/h2,4-5,8-11,18,20H,3,6-7,12-15H2,1H3,(H,25,27);1H. The lowest BCUT2D eigenvalue weighted by molar-refractivity contribution is 0.0952. The van der Waals surface area contributed by atoms with Gasteiger partial charge in [0.15, 0.2) is 0 Å². The van der Waals surface area contributed by atoms with Crippen LogP contribution in [0.3, 0.4) is 0 Å². The second kappa shape index (κ2) is 9.59. The second-order valence-corrected chi connectivity index (χ2v) is 7.81. The molecule has 1 N–H and O–H groups in total. The Bertz CT molecular complexity index is 829. The molecule has 0 radical (unpaired) electrons. The van der Waals surface area contributed by atoms with Gasteiger partial charge in [-0.3, -0.25) is 4.79 Å². The van der Waals surface area contributed by atoms with Crippen molar-refractivity contribution in [2.45, 2.75) is 25.2 Å². The van der Waals surface area contributed by atoms with E-state index in [1.807, 2.05) is 0 Å². The molecule has 1 heterocycles. The largest absolute Gasteiger partial charge is 0.496 e.